The molecule has 0 radical (unpaired) electrons. The van der Waals surface area contributed by atoms with Gasteiger partial charge in [0.2, 0.25) is 5.95 Å². The summed E-state index contributed by atoms with van der Waals surface area (Å²) >= 11 is 1.49. The van der Waals surface area contributed by atoms with Crippen LogP contribution >= 0.6 is 11.3 Å². The zero-order valence-electron chi connectivity index (χ0n) is 13.4. The molecule has 0 spiro atoms. The minimum atomic E-state index is -0.0280. The van der Waals surface area contributed by atoms with E-state index in [2.05, 4.69) is 29.4 Å². The fourth-order valence-corrected chi connectivity index (χ4v) is 3.62. The average Bonchev–Trinajstić information content (AvgIpc) is 2.96. The van der Waals surface area contributed by atoms with Gasteiger partial charge in [0.25, 0.3) is 5.56 Å². The molecular weight excluding hydrogens is 310 g/mol. The monoisotopic (exact) mass is 329 g/mol. The first-order valence-corrected chi connectivity index (χ1v) is 8.23. The second-order valence-electron chi connectivity index (χ2n) is 5.36. The molecule has 0 fully saturated rings. The quantitative estimate of drug-likeness (QED) is 0.731. The van der Waals surface area contributed by atoms with Crippen LogP contribution < -0.4 is 10.9 Å². The van der Waals surface area contributed by atoms with Crippen LogP contribution in [-0.2, 0) is 11.8 Å². The van der Waals surface area contributed by atoms with Gasteiger partial charge in [-0.3, -0.25) is 9.36 Å². The Morgan fingerprint density at radius 2 is 2.13 bits per heavy atom. The van der Waals surface area contributed by atoms with Crippen molar-refractivity contribution in [2.45, 2.75) is 6.92 Å². The summed E-state index contributed by atoms with van der Waals surface area (Å²) in [5.74, 6) is 0.564. The van der Waals surface area contributed by atoms with Crippen molar-refractivity contribution in [3.63, 3.8) is 0 Å². The van der Waals surface area contributed by atoms with E-state index in [-0.39, 0.29) is 5.56 Å². The zero-order valence-corrected chi connectivity index (χ0v) is 14.2. The molecule has 6 heteroatoms. The van der Waals surface area contributed by atoms with Crippen LogP contribution in [0.15, 0.2) is 35.1 Å². The summed E-state index contributed by atoms with van der Waals surface area (Å²) in [6, 6.07) is 10.2. The number of hydrogen-bond donors (Lipinski definition) is 1. The number of thiophene rings is 1. The van der Waals surface area contributed by atoms with Crippen molar-refractivity contribution < 1.29 is 4.74 Å². The van der Waals surface area contributed by atoms with Gasteiger partial charge in [0.1, 0.15) is 4.70 Å². The molecule has 2 heterocycles. The Morgan fingerprint density at radius 1 is 1.35 bits per heavy atom. The largest absolute Gasteiger partial charge is 0.383 e. The van der Waals surface area contributed by atoms with E-state index in [1.165, 1.54) is 16.9 Å². The molecule has 1 aromatic carbocycles. The summed E-state index contributed by atoms with van der Waals surface area (Å²) in [4.78, 5) is 18.2. The fraction of sp³-hybridized carbons (Fsp3) is 0.294. The van der Waals surface area contributed by atoms with Gasteiger partial charge in [0.15, 0.2) is 0 Å². The van der Waals surface area contributed by atoms with E-state index in [9.17, 15) is 4.79 Å². The maximum atomic E-state index is 12.6. The number of aromatic nitrogens is 2. The molecule has 0 saturated heterocycles. The lowest BCUT2D eigenvalue weighted by Crippen LogP contribution is -2.22. The second kappa shape index (κ2) is 6.52. The van der Waals surface area contributed by atoms with Gasteiger partial charge in [-0.25, -0.2) is 4.98 Å². The van der Waals surface area contributed by atoms with Crippen LogP contribution in [0.3, 0.4) is 0 Å². The molecule has 0 bridgehead atoms. The molecule has 0 atom stereocenters. The lowest BCUT2D eigenvalue weighted by Gasteiger charge is -2.09. The molecule has 0 amide bonds. The van der Waals surface area contributed by atoms with Crippen LogP contribution in [-0.4, -0.2) is 29.8 Å². The van der Waals surface area contributed by atoms with E-state index >= 15 is 0 Å². The second-order valence-corrected chi connectivity index (χ2v) is 6.41. The Morgan fingerprint density at radius 3 is 2.87 bits per heavy atom. The van der Waals surface area contributed by atoms with Crippen molar-refractivity contribution in [1.82, 2.24) is 9.55 Å². The highest BCUT2D eigenvalue weighted by molar-refractivity contribution is 7.22. The fourth-order valence-electron chi connectivity index (χ4n) is 2.46. The summed E-state index contributed by atoms with van der Waals surface area (Å²) in [5.41, 5.74) is 3.04. The van der Waals surface area contributed by atoms with E-state index in [0.29, 0.717) is 23.8 Å². The van der Waals surface area contributed by atoms with Gasteiger partial charge in [-0.05, 0) is 24.1 Å². The summed E-state index contributed by atoms with van der Waals surface area (Å²) < 4.78 is 7.26. The van der Waals surface area contributed by atoms with Gasteiger partial charge in [-0.1, -0.05) is 24.3 Å². The average molecular weight is 329 g/mol. The molecule has 2 aromatic heterocycles. The number of methoxy groups -OCH3 is 1. The van der Waals surface area contributed by atoms with Crippen LogP contribution in [0, 0.1) is 6.92 Å². The number of nitrogens with one attached hydrogen (secondary N) is 1. The van der Waals surface area contributed by atoms with Crippen LogP contribution in [0.2, 0.25) is 0 Å². The third-order valence-corrected chi connectivity index (χ3v) is 4.90. The highest BCUT2D eigenvalue weighted by Gasteiger charge is 2.13. The van der Waals surface area contributed by atoms with Crippen molar-refractivity contribution >= 4 is 27.5 Å². The van der Waals surface area contributed by atoms with Crippen molar-refractivity contribution in [3.05, 3.63) is 46.2 Å². The normalized spacial score (nSPS) is 11.1. The summed E-state index contributed by atoms with van der Waals surface area (Å²) in [6.07, 6.45) is 0. The standard InChI is InChI=1S/C17H19N3O2S/c1-11-6-4-5-7-12(11)14-10-13-15(23-14)16(21)20(2)17(19-13)18-8-9-22-3/h4-7,10H,8-9H2,1-3H3,(H,18,19). The predicted octanol–water partition coefficient (Wildman–Crippen LogP) is 3.03. The Labute approximate surface area is 138 Å². The van der Waals surface area contributed by atoms with Crippen LogP contribution in [0.5, 0.6) is 0 Å². The minimum Gasteiger partial charge on any atom is -0.383 e. The zero-order chi connectivity index (χ0) is 16.4. The third kappa shape index (κ3) is 3.00. The highest BCUT2D eigenvalue weighted by atomic mass is 32.1. The number of rotatable bonds is 5. The van der Waals surface area contributed by atoms with Crippen molar-refractivity contribution in [2.24, 2.45) is 7.05 Å². The van der Waals surface area contributed by atoms with E-state index < -0.39 is 0 Å². The van der Waals surface area contributed by atoms with Gasteiger partial charge in [0, 0.05) is 25.6 Å². The molecule has 3 rings (SSSR count). The topological polar surface area (TPSA) is 56.1 Å². The highest BCUT2D eigenvalue weighted by Crippen LogP contribution is 2.33. The van der Waals surface area contributed by atoms with Gasteiger partial charge in [0.05, 0.1) is 12.1 Å². The molecular formula is C17H19N3O2S. The first-order valence-electron chi connectivity index (χ1n) is 7.41. The van der Waals surface area contributed by atoms with E-state index in [1.807, 2.05) is 18.2 Å². The maximum absolute atomic E-state index is 12.6. The summed E-state index contributed by atoms with van der Waals surface area (Å²) in [5, 5.41) is 3.14. The maximum Gasteiger partial charge on any atom is 0.272 e. The number of anilines is 1. The third-order valence-electron chi connectivity index (χ3n) is 3.76. The molecule has 23 heavy (non-hydrogen) atoms. The number of aryl methyl sites for hydroxylation is 1. The molecule has 0 saturated carbocycles. The Kier molecular flexibility index (Phi) is 4.45. The van der Waals surface area contributed by atoms with Crippen LogP contribution in [0.4, 0.5) is 5.95 Å². The Balaban J connectivity index is 2.08. The molecule has 3 aromatic rings. The van der Waals surface area contributed by atoms with E-state index in [4.69, 9.17) is 4.74 Å². The van der Waals surface area contributed by atoms with Crippen LogP contribution in [0.25, 0.3) is 20.7 Å². The number of nitrogens with zero attached hydrogens (tertiary/aromatic N) is 2. The lowest BCUT2D eigenvalue weighted by molar-refractivity contribution is 0.210. The smallest absolute Gasteiger partial charge is 0.272 e. The molecule has 0 unspecified atom stereocenters. The summed E-state index contributed by atoms with van der Waals surface area (Å²) in [6.45, 7) is 3.24. The predicted molar refractivity (Wildman–Crippen MR) is 95.4 cm³/mol. The van der Waals surface area contributed by atoms with E-state index in [0.717, 1.165) is 16.0 Å². The van der Waals surface area contributed by atoms with Crippen LogP contribution in [0.1, 0.15) is 5.56 Å². The number of benzene rings is 1. The molecule has 1 N–H and O–H groups in total. The molecule has 5 nitrogen and oxygen atoms in total. The number of fused-ring (bicyclic) bond motifs is 1. The SMILES string of the molecule is COCCNc1nc2cc(-c3ccccc3C)sc2c(=O)n1C. The number of ether oxygens (including phenoxy) is 1. The lowest BCUT2D eigenvalue weighted by atomic mass is 10.1. The number of hydrogen-bond acceptors (Lipinski definition) is 5. The van der Waals surface area contributed by atoms with E-state index in [1.54, 1.807) is 18.7 Å². The molecule has 0 aliphatic rings. The molecule has 120 valence electrons. The van der Waals surface area contributed by atoms with Gasteiger partial charge < -0.3 is 10.1 Å². The van der Waals surface area contributed by atoms with Gasteiger partial charge in [-0.2, -0.15) is 0 Å². The summed E-state index contributed by atoms with van der Waals surface area (Å²) in [7, 11) is 3.38. The van der Waals surface area contributed by atoms with Gasteiger partial charge >= 0.3 is 0 Å². The Hall–Kier alpha value is -2.18. The first-order chi connectivity index (χ1) is 11.1. The van der Waals surface area contributed by atoms with Crippen molar-refractivity contribution in [1.29, 1.82) is 0 Å². The molecule has 0 aliphatic heterocycles. The van der Waals surface area contributed by atoms with Crippen molar-refractivity contribution in [3.8, 4) is 10.4 Å². The molecule has 0 aliphatic carbocycles. The van der Waals surface area contributed by atoms with Gasteiger partial charge in [-0.15, -0.1) is 11.3 Å². The van der Waals surface area contributed by atoms with Crippen molar-refractivity contribution in [2.75, 3.05) is 25.6 Å². The minimum absolute atomic E-state index is 0.0280. The Bertz CT molecular complexity index is 898. The first kappa shape index (κ1) is 15.7.